The molecule has 4 heterocycles. The highest BCUT2D eigenvalue weighted by atomic mass is 32.1. The van der Waals surface area contributed by atoms with Crippen LogP contribution in [0.1, 0.15) is 37.3 Å². The number of rotatable bonds is 7. The van der Waals surface area contributed by atoms with Gasteiger partial charge in [-0.15, -0.1) is 0 Å². The zero-order valence-corrected chi connectivity index (χ0v) is 21.4. The SMILES string of the molecule is COc1cc(-c2cc(C(=O)N3CCc4nc(NC(=O)c5cc(C)on5)sc4C3)[nH]n2)cc(OC)c1OC. The highest BCUT2D eigenvalue weighted by Crippen LogP contribution is 2.41. The van der Waals surface area contributed by atoms with Crippen molar-refractivity contribution >= 4 is 28.3 Å². The number of benzene rings is 1. The Morgan fingerprint density at radius 1 is 1.11 bits per heavy atom. The molecular formula is C24H24N6O6S. The van der Waals surface area contributed by atoms with Gasteiger partial charge in [0.25, 0.3) is 11.8 Å². The molecule has 5 rings (SSSR count). The largest absolute Gasteiger partial charge is 0.493 e. The molecule has 0 spiro atoms. The van der Waals surface area contributed by atoms with Crippen molar-refractivity contribution in [1.82, 2.24) is 25.2 Å². The summed E-state index contributed by atoms with van der Waals surface area (Å²) in [6, 6.07) is 6.79. The number of hydrogen-bond donors (Lipinski definition) is 2. The van der Waals surface area contributed by atoms with Gasteiger partial charge in [0.05, 0.1) is 39.3 Å². The molecule has 0 bridgehead atoms. The fourth-order valence-electron chi connectivity index (χ4n) is 4.04. The Hall–Kier alpha value is -4.39. The number of H-pyrrole nitrogens is 1. The summed E-state index contributed by atoms with van der Waals surface area (Å²) in [7, 11) is 4.61. The number of hydrogen-bond acceptors (Lipinski definition) is 10. The molecule has 0 saturated heterocycles. The summed E-state index contributed by atoms with van der Waals surface area (Å²) in [6.07, 6.45) is 0.574. The van der Waals surface area contributed by atoms with Crippen LogP contribution in [0.15, 0.2) is 28.8 Å². The van der Waals surface area contributed by atoms with Crippen LogP contribution in [0.4, 0.5) is 5.13 Å². The molecule has 3 aromatic heterocycles. The van der Waals surface area contributed by atoms with Gasteiger partial charge in [-0.05, 0) is 25.1 Å². The van der Waals surface area contributed by atoms with Gasteiger partial charge in [0, 0.05) is 29.5 Å². The van der Waals surface area contributed by atoms with Crippen molar-refractivity contribution in [2.45, 2.75) is 19.9 Å². The van der Waals surface area contributed by atoms with Crippen LogP contribution in [-0.4, -0.2) is 64.9 Å². The summed E-state index contributed by atoms with van der Waals surface area (Å²) in [5.41, 5.74) is 2.67. The second-order valence-corrected chi connectivity index (χ2v) is 9.31. The number of amides is 2. The molecule has 37 heavy (non-hydrogen) atoms. The Labute approximate surface area is 215 Å². The lowest BCUT2D eigenvalue weighted by atomic mass is 10.1. The van der Waals surface area contributed by atoms with Gasteiger partial charge >= 0.3 is 0 Å². The number of aromatic nitrogens is 4. The van der Waals surface area contributed by atoms with Crippen molar-refractivity contribution in [3.63, 3.8) is 0 Å². The average Bonchev–Trinajstić information content (AvgIpc) is 3.66. The van der Waals surface area contributed by atoms with Gasteiger partial charge in [0.15, 0.2) is 22.3 Å². The van der Waals surface area contributed by atoms with E-state index in [0.29, 0.717) is 64.6 Å². The summed E-state index contributed by atoms with van der Waals surface area (Å²) in [4.78, 5) is 32.8. The van der Waals surface area contributed by atoms with Crippen LogP contribution in [-0.2, 0) is 13.0 Å². The van der Waals surface area contributed by atoms with E-state index in [2.05, 4.69) is 25.7 Å². The number of carbonyl (C=O) groups is 2. The van der Waals surface area contributed by atoms with Crippen LogP contribution in [0, 0.1) is 6.92 Å². The Kier molecular flexibility index (Phi) is 6.53. The fourth-order valence-corrected chi connectivity index (χ4v) is 5.05. The Balaban J connectivity index is 1.30. The van der Waals surface area contributed by atoms with E-state index in [0.717, 1.165) is 10.6 Å². The van der Waals surface area contributed by atoms with Crippen LogP contribution < -0.4 is 19.5 Å². The molecule has 2 N–H and O–H groups in total. The summed E-state index contributed by atoms with van der Waals surface area (Å²) >= 11 is 1.33. The Morgan fingerprint density at radius 3 is 2.51 bits per heavy atom. The average molecular weight is 525 g/mol. The quantitative estimate of drug-likeness (QED) is 0.372. The summed E-state index contributed by atoms with van der Waals surface area (Å²) in [5, 5.41) is 14.1. The molecule has 192 valence electrons. The van der Waals surface area contributed by atoms with E-state index in [4.69, 9.17) is 18.7 Å². The van der Waals surface area contributed by atoms with Crippen LogP contribution in [0.2, 0.25) is 0 Å². The van der Waals surface area contributed by atoms with Crippen molar-refractivity contribution in [2.75, 3.05) is 33.2 Å². The number of anilines is 1. The van der Waals surface area contributed by atoms with Crippen LogP contribution in [0.5, 0.6) is 17.2 Å². The van der Waals surface area contributed by atoms with Gasteiger partial charge in [-0.3, -0.25) is 20.0 Å². The van der Waals surface area contributed by atoms with E-state index in [1.165, 1.54) is 32.7 Å². The normalized spacial score (nSPS) is 12.7. The lowest BCUT2D eigenvalue weighted by molar-refractivity contribution is 0.0730. The minimum atomic E-state index is -0.396. The fraction of sp³-hybridized carbons (Fsp3) is 0.292. The minimum Gasteiger partial charge on any atom is -0.493 e. The zero-order valence-electron chi connectivity index (χ0n) is 20.6. The second-order valence-electron chi connectivity index (χ2n) is 8.22. The maximum absolute atomic E-state index is 13.3. The number of carbonyl (C=O) groups excluding carboxylic acids is 2. The van der Waals surface area contributed by atoms with Gasteiger partial charge in [-0.1, -0.05) is 16.5 Å². The molecule has 0 unspecified atom stereocenters. The Morgan fingerprint density at radius 2 is 1.86 bits per heavy atom. The Bertz CT molecular complexity index is 1450. The third-order valence-corrected chi connectivity index (χ3v) is 6.87. The van der Waals surface area contributed by atoms with Gasteiger partial charge in [-0.2, -0.15) is 5.10 Å². The van der Waals surface area contributed by atoms with Gasteiger partial charge in [-0.25, -0.2) is 4.98 Å². The number of aryl methyl sites for hydroxylation is 1. The highest BCUT2D eigenvalue weighted by molar-refractivity contribution is 7.15. The number of nitrogens with one attached hydrogen (secondary N) is 2. The van der Waals surface area contributed by atoms with Crippen molar-refractivity contribution in [1.29, 1.82) is 0 Å². The molecule has 1 aromatic carbocycles. The number of aromatic amines is 1. The maximum atomic E-state index is 13.3. The standard InChI is InChI=1S/C24H24N6O6S/c1-12-7-16(29-36-12)22(31)26-24-25-14-5-6-30(11-20(14)37-24)23(32)17-10-15(27-28-17)13-8-18(33-2)21(35-4)19(9-13)34-3/h7-10H,5-6,11H2,1-4H3,(H,27,28)(H,25,26,31). The second kappa shape index (κ2) is 9.93. The zero-order chi connectivity index (χ0) is 26.1. The predicted octanol–water partition coefficient (Wildman–Crippen LogP) is 3.31. The monoisotopic (exact) mass is 524 g/mol. The molecule has 1 aliphatic heterocycles. The molecule has 0 saturated carbocycles. The summed E-state index contributed by atoms with van der Waals surface area (Å²) in [5.74, 6) is 1.42. The summed E-state index contributed by atoms with van der Waals surface area (Å²) in [6.45, 7) is 2.58. The molecule has 12 nitrogen and oxygen atoms in total. The van der Waals surface area contributed by atoms with E-state index in [1.54, 1.807) is 36.1 Å². The number of methoxy groups -OCH3 is 3. The van der Waals surface area contributed by atoms with Crippen LogP contribution in [0.3, 0.4) is 0 Å². The van der Waals surface area contributed by atoms with Crippen molar-refractivity contribution in [2.24, 2.45) is 0 Å². The van der Waals surface area contributed by atoms with Crippen molar-refractivity contribution in [3.05, 3.63) is 52.0 Å². The summed E-state index contributed by atoms with van der Waals surface area (Å²) < 4.78 is 21.2. The topological polar surface area (TPSA) is 145 Å². The van der Waals surface area contributed by atoms with E-state index in [9.17, 15) is 9.59 Å². The third-order valence-electron chi connectivity index (χ3n) is 5.87. The first-order chi connectivity index (χ1) is 17.9. The van der Waals surface area contributed by atoms with Gasteiger partial charge in [0.1, 0.15) is 11.5 Å². The molecule has 4 aromatic rings. The number of ether oxygens (including phenoxy) is 3. The van der Waals surface area contributed by atoms with E-state index < -0.39 is 5.91 Å². The molecule has 0 fully saturated rings. The lowest BCUT2D eigenvalue weighted by Gasteiger charge is -2.25. The minimum absolute atomic E-state index is 0.185. The lowest BCUT2D eigenvalue weighted by Crippen LogP contribution is -2.35. The number of nitrogens with zero attached hydrogens (tertiary/aromatic N) is 4. The van der Waals surface area contributed by atoms with E-state index in [-0.39, 0.29) is 11.6 Å². The highest BCUT2D eigenvalue weighted by Gasteiger charge is 2.27. The first-order valence-corrected chi connectivity index (χ1v) is 12.1. The van der Waals surface area contributed by atoms with Crippen LogP contribution in [0.25, 0.3) is 11.3 Å². The van der Waals surface area contributed by atoms with Crippen LogP contribution >= 0.6 is 11.3 Å². The first kappa shape index (κ1) is 24.3. The maximum Gasteiger partial charge on any atom is 0.279 e. The molecule has 0 atom stereocenters. The van der Waals surface area contributed by atoms with Crippen molar-refractivity contribution < 1.29 is 28.3 Å². The van der Waals surface area contributed by atoms with E-state index >= 15 is 0 Å². The van der Waals surface area contributed by atoms with Gasteiger partial charge in [0.2, 0.25) is 5.75 Å². The molecule has 0 aliphatic carbocycles. The molecular weight excluding hydrogens is 500 g/mol. The molecule has 2 amide bonds. The van der Waals surface area contributed by atoms with Gasteiger partial charge < -0.3 is 23.6 Å². The number of thiazole rings is 1. The smallest absolute Gasteiger partial charge is 0.279 e. The molecule has 13 heteroatoms. The molecule has 1 aliphatic rings. The third kappa shape index (κ3) is 4.72. The molecule has 0 radical (unpaired) electrons. The van der Waals surface area contributed by atoms with E-state index in [1.807, 2.05) is 0 Å². The predicted molar refractivity (Wildman–Crippen MR) is 133 cm³/mol. The first-order valence-electron chi connectivity index (χ1n) is 11.3. The van der Waals surface area contributed by atoms with Crippen molar-refractivity contribution in [3.8, 4) is 28.5 Å². The number of fused-ring (bicyclic) bond motifs is 1.